The van der Waals surface area contributed by atoms with Gasteiger partial charge in [0.25, 0.3) is 0 Å². The summed E-state index contributed by atoms with van der Waals surface area (Å²) in [5.41, 5.74) is 0.984. The number of piperidine rings is 1. The molecule has 136 valence electrons. The molecule has 3 atom stereocenters. The van der Waals surface area contributed by atoms with Crippen LogP contribution in [0.1, 0.15) is 38.7 Å². The van der Waals surface area contributed by atoms with Crippen molar-refractivity contribution in [2.24, 2.45) is 0 Å². The van der Waals surface area contributed by atoms with Crippen molar-refractivity contribution >= 4 is 10.0 Å². The molecule has 2 aliphatic rings. The van der Waals surface area contributed by atoms with Crippen molar-refractivity contribution < 1.29 is 17.9 Å². The topological polar surface area (TPSA) is 79.6 Å². The van der Waals surface area contributed by atoms with Crippen molar-refractivity contribution in [1.82, 2.24) is 4.31 Å². The highest BCUT2D eigenvalue weighted by Gasteiger charge is 2.54. The molecule has 25 heavy (non-hydrogen) atoms. The third kappa shape index (κ3) is 3.08. The zero-order chi connectivity index (χ0) is 18.2. The summed E-state index contributed by atoms with van der Waals surface area (Å²) in [6.45, 7) is 6.10. The van der Waals surface area contributed by atoms with E-state index < -0.39 is 28.0 Å². The number of sulfonamides is 1. The Labute approximate surface area is 149 Å². The van der Waals surface area contributed by atoms with E-state index in [1.807, 2.05) is 20.8 Å². The van der Waals surface area contributed by atoms with Crippen molar-refractivity contribution in [1.29, 1.82) is 5.26 Å². The molecule has 0 N–H and O–H groups in total. The van der Waals surface area contributed by atoms with Gasteiger partial charge in [-0.05, 0) is 38.3 Å². The van der Waals surface area contributed by atoms with Crippen molar-refractivity contribution in [2.45, 2.75) is 69.0 Å². The Balaban J connectivity index is 1.92. The molecule has 2 aliphatic heterocycles. The van der Waals surface area contributed by atoms with E-state index in [2.05, 4.69) is 6.07 Å². The Morgan fingerprint density at radius 2 is 1.88 bits per heavy atom. The molecule has 6 nitrogen and oxygen atoms in total. The minimum atomic E-state index is -3.75. The first kappa shape index (κ1) is 18.3. The molecule has 0 spiro atoms. The van der Waals surface area contributed by atoms with E-state index in [4.69, 9.17) is 9.47 Å². The smallest absolute Gasteiger partial charge is 0.244 e. The van der Waals surface area contributed by atoms with E-state index in [1.165, 1.54) is 4.31 Å². The highest BCUT2D eigenvalue weighted by atomic mass is 32.2. The molecular formula is C18H24N2O4S. The Hall–Kier alpha value is -1.46. The van der Waals surface area contributed by atoms with Gasteiger partial charge in [0, 0.05) is 6.54 Å². The van der Waals surface area contributed by atoms with Gasteiger partial charge >= 0.3 is 0 Å². The van der Waals surface area contributed by atoms with Crippen molar-refractivity contribution in [3.8, 4) is 6.07 Å². The molecule has 2 fully saturated rings. The monoisotopic (exact) mass is 364 g/mol. The average Bonchev–Trinajstić information content (AvgIpc) is 3.00. The van der Waals surface area contributed by atoms with Crippen LogP contribution in [0.5, 0.6) is 0 Å². The van der Waals surface area contributed by atoms with Crippen molar-refractivity contribution in [2.75, 3.05) is 6.54 Å². The van der Waals surface area contributed by atoms with Crippen LogP contribution in [0.25, 0.3) is 0 Å². The summed E-state index contributed by atoms with van der Waals surface area (Å²) in [6.07, 6.45) is 1.06. The van der Waals surface area contributed by atoms with E-state index in [0.717, 1.165) is 5.56 Å². The van der Waals surface area contributed by atoms with Gasteiger partial charge in [0.2, 0.25) is 10.0 Å². The summed E-state index contributed by atoms with van der Waals surface area (Å²) in [6, 6.07) is 7.94. The molecule has 0 aromatic heterocycles. The number of hydrogen-bond donors (Lipinski definition) is 0. The van der Waals surface area contributed by atoms with Crippen LogP contribution in [0, 0.1) is 18.3 Å². The first-order chi connectivity index (χ1) is 11.9. The molecule has 0 bridgehead atoms. The summed E-state index contributed by atoms with van der Waals surface area (Å²) in [5, 5.41) is 9.69. The zero-order valence-electron chi connectivity index (χ0n) is 14.8. The predicted molar refractivity (Wildman–Crippen MR) is 92.1 cm³/mol. The van der Waals surface area contributed by atoms with Crippen LogP contribution in [-0.2, 0) is 19.5 Å². The minimum Gasteiger partial charge on any atom is -0.344 e. The largest absolute Gasteiger partial charge is 0.344 e. The lowest BCUT2D eigenvalue weighted by Crippen LogP contribution is -2.54. The second-order valence-corrected chi connectivity index (χ2v) is 8.54. The molecule has 0 aliphatic carbocycles. The quantitative estimate of drug-likeness (QED) is 0.820. The third-order valence-corrected chi connectivity index (χ3v) is 7.07. The van der Waals surface area contributed by atoms with E-state index in [1.54, 1.807) is 24.3 Å². The van der Waals surface area contributed by atoms with Crippen molar-refractivity contribution in [3.05, 3.63) is 29.8 Å². The van der Waals surface area contributed by atoms with Crippen molar-refractivity contribution in [3.63, 3.8) is 0 Å². The molecule has 0 radical (unpaired) electrons. The maximum Gasteiger partial charge on any atom is 0.244 e. The summed E-state index contributed by atoms with van der Waals surface area (Å²) < 4.78 is 39.5. The molecule has 0 saturated carbocycles. The number of nitriles is 1. The standard InChI is InChI=1S/C18H24N2O4S/c1-4-18(5-2)23-16-10-11-20(15(12-19)17(16)24-18)25(21,22)14-8-6-13(3)7-9-14/h6-9,15-17H,4-5,10-11H2,1-3H3/t15-,16+,17-/m0/s1. The SMILES string of the molecule is CCC1(CC)O[C@@H]2[C@@H](CCN(S(=O)(=O)c3ccc(C)cc3)[C@H]2C#N)O1. The second-order valence-electron chi connectivity index (χ2n) is 6.65. The predicted octanol–water partition coefficient (Wildman–Crippen LogP) is 2.58. The van der Waals surface area contributed by atoms with Crippen LogP contribution in [0.2, 0.25) is 0 Å². The van der Waals surface area contributed by atoms with Crippen LogP contribution in [0.15, 0.2) is 29.2 Å². The number of benzene rings is 1. The molecule has 3 rings (SSSR count). The van der Waals surface area contributed by atoms with E-state index in [9.17, 15) is 13.7 Å². The molecule has 7 heteroatoms. The van der Waals surface area contributed by atoms with E-state index in [-0.39, 0.29) is 17.5 Å². The molecule has 0 unspecified atom stereocenters. The fourth-order valence-electron chi connectivity index (χ4n) is 3.58. The van der Waals surface area contributed by atoms with Gasteiger partial charge in [-0.3, -0.25) is 0 Å². The fourth-order valence-corrected chi connectivity index (χ4v) is 5.14. The molecule has 1 aromatic carbocycles. The summed E-state index contributed by atoms with van der Waals surface area (Å²) in [5.74, 6) is -0.714. The normalized spacial score (nSPS) is 29.1. The Morgan fingerprint density at radius 1 is 1.24 bits per heavy atom. The number of aryl methyl sites for hydroxylation is 1. The number of nitrogens with zero attached hydrogens (tertiary/aromatic N) is 2. The van der Waals surface area contributed by atoms with Gasteiger partial charge in [-0.15, -0.1) is 0 Å². The highest BCUT2D eigenvalue weighted by molar-refractivity contribution is 7.89. The average molecular weight is 364 g/mol. The summed E-state index contributed by atoms with van der Waals surface area (Å²) >= 11 is 0. The van der Waals surface area contributed by atoms with E-state index in [0.29, 0.717) is 19.3 Å². The van der Waals surface area contributed by atoms with Crippen LogP contribution in [-0.4, -0.2) is 43.3 Å². The summed E-state index contributed by atoms with van der Waals surface area (Å²) in [7, 11) is -3.75. The Bertz CT molecular complexity index is 765. The highest BCUT2D eigenvalue weighted by Crippen LogP contribution is 2.41. The lowest BCUT2D eigenvalue weighted by molar-refractivity contribution is -0.179. The first-order valence-electron chi connectivity index (χ1n) is 8.70. The number of rotatable bonds is 4. The molecule has 2 saturated heterocycles. The minimum absolute atomic E-state index is 0.202. The Morgan fingerprint density at radius 3 is 2.44 bits per heavy atom. The summed E-state index contributed by atoms with van der Waals surface area (Å²) in [4.78, 5) is 0.202. The number of hydrogen-bond acceptors (Lipinski definition) is 5. The van der Waals surface area contributed by atoms with Crippen LogP contribution < -0.4 is 0 Å². The fraction of sp³-hybridized carbons (Fsp3) is 0.611. The van der Waals surface area contributed by atoms with Gasteiger partial charge in [0.1, 0.15) is 12.1 Å². The number of ether oxygens (including phenoxy) is 2. The molecule has 1 aromatic rings. The van der Waals surface area contributed by atoms with Crippen LogP contribution in [0.4, 0.5) is 0 Å². The van der Waals surface area contributed by atoms with Gasteiger partial charge in [0.15, 0.2) is 5.79 Å². The second kappa shape index (κ2) is 6.69. The molecule has 2 heterocycles. The van der Waals surface area contributed by atoms with Gasteiger partial charge in [-0.25, -0.2) is 8.42 Å². The van der Waals surface area contributed by atoms with Gasteiger partial charge in [-0.2, -0.15) is 9.57 Å². The van der Waals surface area contributed by atoms with Gasteiger partial charge in [0.05, 0.1) is 17.1 Å². The first-order valence-corrected chi connectivity index (χ1v) is 10.1. The Kier molecular flexibility index (Phi) is 4.91. The van der Waals surface area contributed by atoms with Gasteiger partial charge < -0.3 is 9.47 Å². The lowest BCUT2D eigenvalue weighted by Gasteiger charge is -2.36. The maximum atomic E-state index is 13.0. The molecular weight excluding hydrogens is 340 g/mol. The lowest BCUT2D eigenvalue weighted by atomic mass is 9.99. The number of fused-ring (bicyclic) bond motifs is 1. The maximum absolute atomic E-state index is 13.0. The van der Waals surface area contributed by atoms with E-state index >= 15 is 0 Å². The third-order valence-electron chi connectivity index (χ3n) is 5.18. The molecule has 0 amide bonds. The van der Waals surface area contributed by atoms with Crippen LogP contribution in [0.3, 0.4) is 0 Å². The van der Waals surface area contributed by atoms with Gasteiger partial charge in [-0.1, -0.05) is 31.5 Å². The van der Waals surface area contributed by atoms with Crippen LogP contribution >= 0.6 is 0 Å². The zero-order valence-corrected chi connectivity index (χ0v) is 15.6.